The lowest BCUT2D eigenvalue weighted by Gasteiger charge is -2.12. The highest BCUT2D eigenvalue weighted by Crippen LogP contribution is 2.26. The molecule has 1 aromatic carbocycles. The molecule has 100 valence electrons. The highest BCUT2D eigenvalue weighted by atomic mass is 35.5. The van der Waals surface area contributed by atoms with Gasteiger partial charge >= 0.3 is 0 Å². The lowest BCUT2D eigenvalue weighted by atomic mass is 10.0. The van der Waals surface area contributed by atoms with E-state index in [-0.39, 0.29) is 17.1 Å². The van der Waals surface area contributed by atoms with Crippen LogP contribution < -0.4 is 0 Å². The molecule has 0 amide bonds. The van der Waals surface area contributed by atoms with Gasteiger partial charge < -0.3 is 5.11 Å². The molecule has 0 saturated heterocycles. The van der Waals surface area contributed by atoms with Crippen LogP contribution in [-0.2, 0) is 6.42 Å². The van der Waals surface area contributed by atoms with Crippen molar-refractivity contribution in [1.29, 1.82) is 0 Å². The molecule has 2 nitrogen and oxygen atoms in total. The van der Waals surface area contributed by atoms with Crippen LogP contribution in [0.15, 0.2) is 30.5 Å². The monoisotopic (exact) mass is 303 g/mol. The number of hydrogen-bond acceptors (Lipinski definition) is 2. The average molecular weight is 304 g/mol. The highest BCUT2D eigenvalue weighted by molar-refractivity contribution is 6.34. The second-order valence-corrected chi connectivity index (χ2v) is 4.86. The first-order valence-corrected chi connectivity index (χ1v) is 6.15. The third-order valence-corrected chi connectivity index (χ3v) is 3.01. The summed E-state index contributed by atoms with van der Waals surface area (Å²) in [5, 5.41) is 10.5. The maximum Gasteiger partial charge on any atom is 0.126 e. The minimum Gasteiger partial charge on any atom is -0.386 e. The number of pyridine rings is 1. The van der Waals surface area contributed by atoms with Crippen molar-refractivity contribution in [2.75, 3.05) is 0 Å². The fourth-order valence-corrected chi connectivity index (χ4v) is 2.23. The van der Waals surface area contributed by atoms with Gasteiger partial charge in [-0.05, 0) is 23.8 Å². The van der Waals surface area contributed by atoms with Gasteiger partial charge in [0.2, 0.25) is 0 Å². The molecule has 0 aliphatic rings. The molecular weight excluding hydrogens is 295 g/mol. The van der Waals surface area contributed by atoms with Gasteiger partial charge in [0.1, 0.15) is 17.7 Å². The fraction of sp³-hybridized carbons (Fsp3) is 0.154. The number of rotatable bonds is 3. The zero-order valence-corrected chi connectivity index (χ0v) is 11.1. The topological polar surface area (TPSA) is 33.1 Å². The maximum absolute atomic E-state index is 13.0. The lowest BCUT2D eigenvalue weighted by molar-refractivity contribution is 0.173. The summed E-state index contributed by atoms with van der Waals surface area (Å²) in [7, 11) is 0. The summed E-state index contributed by atoms with van der Waals surface area (Å²) in [6, 6.07) is 4.51. The molecule has 1 atom stereocenters. The van der Waals surface area contributed by atoms with E-state index in [1.807, 2.05) is 0 Å². The lowest BCUT2D eigenvalue weighted by Crippen LogP contribution is -2.05. The first-order chi connectivity index (χ1) is 8.95. The van der Waals surface area contributed by atoms with Crippen LogP contribution in [0.4, 0.5) is 8.78 Å². The van der Waals surface area contributed by atoms with Gasteiger partial charge in [-0.15, -0.1) is 0 Å². The molecule has 0 bridgehead atoms. The van der Waals surface area contributed by atoms with Gasteiger partial charge in [0, 0.05) is 18.7 Å². The summed E-state index contributed by atoms with van der Waals surface area (Å²) in [5.41, 5.74) is 0.536. The molecule has 1 unspecified atom stereocenters. The minimum absolute atomic E-state index is 0.00301. The van der Waals surface area contributed by atoms with Crippen LogP contribution in [0.2, 0.25) is 10.0 Å². The second kappa shape index (κ2) is 5.82. The SMILES string of the molecule is OC(Cc1cc(F)cc(F)c1)c1ncc(Cl)cc1Cl. The van der Waals surface area contributed by atoms with Crippen LogP contribution in [0.1, 0.15) is 17.4 Å². The second-order valence-electron chi connectivity index (χ2n) is 4.02. The van der Waals surface area contributed by atoms with Gasteiger partial charge in [-0.25, -0.2) is 8.78 Å². The Morgan fingerprint density at radius 3 is 2.32 bits per heavy atom. The van der Waals surface area contributed by atoms with Crippen LogP contribution in [0, 0.1) is 11.6 Å². The number of halogens is 4. The number of aliphatic hydroxyl groups excluding tert-OH is 1. The Bertz CT molecular complexity index is 587. The molecule has 1 N–H and O–H groups in total. The quantitative estimate of drug-likeness (QED) is 0.931. The molecule has 0 saturated carbocycles. The number of aromatic nitrogens is 1. The number of aliphatic hydroxyl groups is 1. The molecule has 0 radical (unpaired) electrons. The molecule has 2 rings (SSSR count). The van der Waals surface area contributed by atoms with Crippen molar-refractivity contribution in [3.05, 3.63) is 63.4 Å². The number of benzene rings is 1. The Labute approximate surface area is 118 Å². The van der Waals surface area contributed by atoms with Gasteiger partial charge in [0.15, 0.2) is 0 Å². The summed E-state index contributed by atoms with van der Waals surface area (Å²) in [6.07, 6.45) is 0.284. The van der Waals surface area contributed by atoms with Crippen molar-refractivity contribution < 1.29 is 13.9 Å². The largest absolute Gasteiger partial charge is 0.386 e. The number of hydrogen-bond donors (Lipinski definition) is 1. The number of nitrogens with zero attached hydrogens (tertiary/aromatic N) is 1. The molecule has 1 heterocycles. The Hall–Kier alpha value is -1.23. The van der Waals surface area contributed by atoms with Crippen molar-refractivity contribution in [2.24, 2.45) is 0 Å². The summed E-state index contributed by atoms with van der Waals surface area (Å²) in [5.74, 6) is -1.39. The molecule has 0 spiro atoms. The summed E-state index contributed by atoms with van der Waals surface area (Å²) < 4.78 is 26.1. The minimum atomic E-state index is -1.06. The normalized spacial score (nSPS) is 12.5. The van der Waals surface area contributed by atoms with E-state index in [0.717, 1.165) is 18.2 Å². The fourth-order valence-electron chi connectivity index (χ4n) is 1.72. The molecule has 19 heavy (non-hydrogen) atoms. The van der Waals surface area contributed by atoms with Gasteiger partial charge in [-0.3, -0.25) is 4.98 Å². The van der Waals surface area contributed by atoms with Gasteiger partial charge in [0.05, 0.1) is 15.7 Å². The summed E-state index contributed by atoms with van der Waals surface area (Å²) in [6.45, 7) is 0. The molecule has 6 heteroatoms. The molecular formula is C13H9Cl2F2NO. The van der Waals surface area contributed by atoms with Gasteiger partial charge in [-0.2, -0.15) is 0 Å². The Kier molecular flexibility index (Phi) is 4.34. The van der Waals surface area contributed by atoms with Gasteiger partial charge in [0.25, 0.3) is 0 Å². The highest BCUT2D eigenvalue weighted by Gasteiger charge is 2.15. The average Bonchev–Trinajstić information content (AvgIpc) is 2.26. The van der Waals surface area contributed by atoms with E-state index in [1.54, 1.807) is 0 Å². The van der Waals surface area contributed by atoms with Gasteiger partial charge in [-0.1, -0.05) is 23.2 Å². The van der Waals surface area contributed by atoms with E-state index in [2.05, 4.69) is 4.98 Å². The summed E-state index contributed by atoms with van der Waals surface area (Å²) >= 11 is 11.6. The first kappa shape index (κ1) is 14.2. The molecule has 2 aromatic rings. The molecule has 0 aliphatic heterocycles. The van der Waals surface area contributed by atoms with Crippen molar-refractivity contribution in [1.82, 2.24) is 4.98 Å². The zero-order chi connectivity index (χ0) is 14.0. The molecule has 1 aromatic heterocycles. The Morgan fingerprint density at radius 2 is 1.74 bits per heavy atom. The van der Waals surface area contributed by atoms with E-state index in [4.69, 9.17) is 23.2 Å². The molecule has 0 aliphatic carbocycles. The first-order valence-electron chi connectivity index (χ1n) is 5.39. The predicted molar refractivity (Wildman–Crippen MR) is 69.3 cm³/mol. The Morgan fingerprint density at radius 1 is 1.11 bits per heavy atom. The Balaban J connectivity index is 2.22. The maximum atomic E-state index is 13.0. The van der Waals surface area contributed by atoms with Crippen LogP contribution >= 0.6 is 23.2 Å². The zero-order valence-electron chi connectivity index (χ0n) is 9.58. The smallest absolute Gasteiger partial charge is 0.126 e. The van der Waals surface area contributed by atoms with Crippen LogP contribution in [0.5, 0.6) is 0 Å². The predicted octanol–water partition coefficient (Wildman–Crippen LogP) is 3.94. The molecule has 0 fully saturated rings. The van der Waals surface area contributed by atoms with Crippen LogP contribution in [0.25, 0.3) is 0 Å². The van der Waals surface area contributed by atoms with Crippen molar-refractivity contribution in [3.8, 4) is 0 Å². The van der Waals surface area contributed by atoms with E-state index in [9.17, 15) is 13.9 Å². The van der Waals surface area contributed by atoms with Crippen molar-refractivity contribution >= 4 is 23.2 Å². The standard InChI is InChI=1S/C13H9Cl2F2NO/c14-8-4-11(15)13(18-6-8)12(19)3-7-1-9(16)5-10(17)2-7/h1-2,4-6,12,19H,3H2. The van der Waals surface area contributed by atoms with Crippen LogP contribution in [0.3, 0.4) is 0 Å². The summed E-state index contributed by atoms with van der Waals surface area (Å²) in [4.78, 5) is 3.92. The van der Waals surface area contributed by atoms with E-state index in [0.29, 0.717) is 10.6 Å². The third kappa shape index (κ3) is 3.62. The van der Waals surface area contributed by atoms with E-state index in [1.165, 1.54) is 12.3 Å². The third-order valence-electron chi connectivity index (χ3n) is 2.50. The van der Waals surface area contributed by atoms with Crippen molar-refractivity contribution in [2.45, 2.75) is 12.5 Å². The van der Waals surface area contributed by atoms with E-state index < -0.39 is 17.7 Å². The van der Waals surface area contributed by atoms with Crippen molar-refractivity contribution in [3.63, 3.8) is 0 Å². The van der Waals surface area contributed by atoms with E-state index >= 15 is 0 Å². The van der Waals surface area contributed by atoms with Crippen LogP contribution in [-0.4, -0.2) is 10.1 Å².